The number of aromatic nitrogens is 2. The molecule has 2 N–H and O–H groups in total. The van der Waals surface area contributed by atoms with E-state index in [4.69, 9.17) is 9.72 Å². The predicted octanol–water partition coefficient (Wildman–Crippen LogP) is 6.24. The van der Waals surface area contributed by atoms with E-state index in [-0.39, 0.29) is 17.2 Å². The van der Waals surface area contributed by atoms with Crippen LogP contribution >= 0.6 is 11.3 Å². The Hall–Kier alpha value is -3.91. The number of hydrogen-bond donors (Lipinski definition) is 2. The van der Waals surface area contributed by atoms with Crippen LogP contribution < -0.4 is 15.4 Å². The second-order valence-corrected chi connectivity index (χ2v) is 11.7. The van der Waals surface area contributed by atoms with Crippen molar-refractivity contribution in [3.05, 3.63) is 65.3 Å². The zero-order chi connectivity index (χ0) is 27.0. The van der Waals surface area contributed by atoms with Gasteiger partial charge in [-0.3, -0.25) is 9.59 Å². The first-order chi connectivity index (χ1) is 18.1. The normalized spacial score (nSPS) is 12.4. The topological polar surface area (TPSA) is 85.2 Å². The van der Waals surface area contributed by atoms with Gasteiger partial charge in [0.1, 0.15) is 11.4 Å². The fourth-order valence-corrected chi connectivity index (χ4v) is 5.49. The van der Waals surface area contributed by atoms with E-state index in [2.05, 4.69) is 48.1 Å². The number of fused-ring (bicyclic) bond motifs is 3. The Labute approximate surface area is 226 Å². The zero-order valence-electron chi connectivity index (χ0n) is 22.3. The lowest BCUT2D eigenvalue weighted by Gasteiger charge is -2.24. The van der Waals surface area contributed by atoms with Crippen LogP contribution in [0.5, 0.6) is 5.75 Å². The Morgan fingerprint density at radius 3 is 2.61 bits per heavy atom. The summed E-state index contributed by atoms with van der Waals surface area (Å²) < 4.78 is 7.87. The maximum Gasteiger partial charge on any atom is 0.287 e. The number of nitrogens with zero attached hydrogens (tertiary/aromatic N) is 2. The molecule has 1 aliphatic heterocycles. The number of amides is 2. The summed E-state index contributed by atoms with van der Waals surface area (Å²) in [7, 11) is 1.67. The molecular weight excluding hydrogens is 496 g/mol. The highest BCUT2D eigenvalue weighted by Gasteiger charge is 2.30. The molecule has 5 rings (SSSR count). The molecule has 0 aliphatic carbocycles. The fourth-order valence-electron chi connectivity index (χ4n) is 4.77. The molecule has 0 saturated carbocycles. The minimum Gasteiger partial charge on any atom is -0.496 e. The largest absolute Gasteiger partial charge is 0.496 e. The van der Waals surface area contributed by atoms with Crippen LogP contribution in [0.2, 0.25) is 0 Å². The van der Waals surface area contributed by atoms with E-state index in [0.717, 1.165) is 56.4 Å². The van der Waals surface area contributed by atoms with E-state index in [1.54, 1.807) is 18.4 Å². The van der Waals surface area contributed by atoms with Crippen LogP contribution in [0.4, 0.5) is 5.69 Å². The van der Waals surface area contributed by atoms with Gasteiger partial charge in [-0.05, 0) is 58.7 Å². The van der Waals surface area contributed by atoms with Crippen molar-refractivity contribution in [1.29, 1.82) is 0 Å². The average molecular weight is 529 g/mol. The standard InChI is InChI=1S/C30H32N4O3S/c1-18(35)32-21-9-6-8-19(14-21)22-16-23-20(15-24(22)37-5)11-12-34-27(23)26(25-10-7-13-38-25)33-28(34)29(36)31-17-30(2,3)4/h6-10,13-16H,11-12,17H2,1-5H3,(H,31,36)(H,32,35). The predicted molar refractivity (Wildman–Crippen MR) is 153 cm³/mol. The van der Waals surface area contributed by atoms with Crippen molar-refractivity contribution in [2.24, 2.45) is 5.41 Å². The molecular formula is C30H32N4O3S. The van der Waals surface area contributed by atoms with Crippen LogP contribution in [0, 0.1) is 5.41 Å². The monoisotopic (exact) mass is 528 g/mol. The lowest BCUT2D eigenvalue weighted by Crippen LogP contribution is -2.34. The second kappa shape index (κ2) is 10.1. The number of aryl methyl sites for hydroxylation is 1. The number of benzene rings is 2. The first-order valence-corrected chi connectivity index (χ1v) is 13.5. The number of methoxy groups -OCH3 is 1. The molecule has 0 fully saturated rings. The van der Waals surface area contributed by atoms with Crippen molar-refractivity contribution in [3.63, 3.8) is 0 Å². The number of carbonyl (C=O) groups excluding carboxylic acids is 2. The highest BCUT2D eigenvalue weighted by Crippen LogP contribution is 2.44. The van der Waals surface area contributed by atoms with Crippen molar-refractivity contribution in [2.75, 3.05) is 19.0 Å². The highest BCUT2D eigenvalue weighted by atomic mass is 32.1. The smallest absolute Gasteiger partial charge is 0.287 e. The molecule has 196 valence electrons. The Morgan fingerprint density at radius 1 is 1.11 bits per heavy atom. The summed E-state index contributed by atoms with van der Waals surface area (Å²) in [6.45, 7) is 8.99. The summed E-state index contributed by atoms with van der Waals surface area (Å²) in [6, 6.07) is 16.0. The average Bonchev–Trinajstić information content (AvgIpc) is 3.54. The number of carbonyl (C=O) groups is 2. The lowest BCUT2D eigenvalue weighted by atomic mass is 9.91. The molecule has 0 spiro atoms. The van der Waals surface area contributed by atoms with Crippen molar-refractivity contribution in [1.82, 2.24) is 14.9 Å². The molecule has 2 aromatic heterocycles. The quantitative estimate of drug-likeness (QED) is 0.310. The molecule has 4 aromatic rings. The van der Waals surface area contributed by atoms with Crippen molar-refractivity contribution in [3.8, 4) is 38.7 Å². The third-order valence-corrected chi connectivity index (χ3v) is 7.36. The van der Waals surface area contributed by atoms with E-state index in [1.807, 2.05) is 41.8 Å². The number of imidazole rings is 1. The Balaban J connectivity index is 1.67. The first kappa shape index (κ1) is 25.7. The molecule has 2 amide bonds. The van der Waals surface area contributed by atoms with Crippen molar-refractivity contribution < 1.29 is 14.3 Å². The molecule has 0 radical (unpaired) electrons. The van der Waals surface area contributed by atoms with Crippen LogP contribution in [-0.2, 0) is 17.8 Å². The molecule has 3 heterocycles. The molecule has 0 bridgehead atoms. The summed E-state index contributed by atoms with van der Waals surface area (Å²) >= 11 is 1.61. The maximum absolute atomic E-state index is 13.3. The summed E-state index contributed by atoms with van der Waals surface area (Å²) in [4.78, 5) is 30.9. The van der Waals surface area contributed by atoms with Crippen molar-refractivity contribution in [2.45, 2.75) is 40.7 Å². The highest BCUT2D eigenvalue weighted by molar-refractivity contribution is 7.13. The Morgan fingerprint density at radius 2 is 1.92 bits per heavy atom. The van der Waals surface area contributed by atoms with Gasteiger partial charge in [0.15, 0.2) is 5.82 Å². The first-order valence-electron chi connectivity index (χ1n) is 12.7. The van der Waals surface area contributed by atoms with Crippen LogP contribution in [0.1, 0.15) is 43.9 Å². The van der Waals surface area contributed by atoms with Gasteiger partial charge in [0.05, 0.1) is 17.7 Å². The molecule has 7 nitrogen and oxygen atoms in total. The summed E-state index contributed by atoms with van der Waals surface area (Å²) in [6.07, 6.45) is 0.755. The molecule has 8 heteroatoms. The number of thiophene rings is 1. The van der Waals surface area contributed by atoms with Gasteiger partial charge in [-0.15, -0.1) is 11.3 Å². The van der Waals surface area contributed by atoms with Gasteiger partial charge in [-0.2, -0.15) is 0 Å². The lowest BCUT2D eigenvalue weighted by molar-refractivity contribution is -0.114. The van der Waals surface area contributed by atoms with Crippen molar-refractivity contribution >= 4 is 28.8 Å². The van der Waals surface area contributed by atoms with Gasteiger partial charge < -0.3 is 19.9 Å². The number of nitrogens with one attached hydrogen (secondary N) is 2. The van der Waals surface area contributed by atoms with Crippen LogP contribution in [0.25, 0.3) is 33.0 Å². The van der Waals surface area contributed by atoms with E-state index < -0.39 is 0 Å². The van der Waals surface area contributed by atoms with E-state index >= 15 is 0 Å². The summed E-state index contributed by atoms with van der Waals surface area (Å²) in [5, 5.41) is 7.96. The number of rotatable bonds is 6. The van der Waals surface area contributed by atoms with E-state index in [9.17, 15) is 9.59 Å². The van der Waals surface area contributed by atoms with Crippen LogP contribution in [-0.4, -0.2) is 35.0 Å². The van der Waals surface area contributed by atoms with Gasteiger partial charge in [-0.25, -0.2) is 4.98 Å². The van der Waals surface area contributed by atoms with Crippen LogP contribution in [0.15, 0.2) is 53.9 Å². The second-order valence-electron chi connectivity index (χ2n) is 10.7. The number of anilines is 1. The number of ether oxygens (including phenoxy) is 1. The van der Waals surface area contributed by atoms with E-state index in [1.165, 1.54) is 6.92 Å². The number of hydrogen-bond acceptors (Lipinski definition) is 5. The van der Waals surface area contributed by atoms with Gasteiger partial charge in [0, 0.05) is 36.8 Å². The maximum atomic E-state index is 13.3. The SMILES string of the molecule is COc1cc2c(cc1-c1cccc(NC(C)=O)c1)-c1c(-c3cccs3)nc(C(=O)NCC(C)(C)C)n1CC2. The summed E-state index contributed by atoms with van der Waals surface area (Å²) in [5.74, 6) is 0.909. The molecule has 0 saturated heterocycles. The fraction of sp³-hybridized carbons (Fsp3) is 0.300. The van der Waals surface area contributed by atoms with Gasteiger partial charge in [0.25, 0.3) is 5.91 Å². The minimum absolute atomic E-state index is 0.0343. The minimum atomic E-state index is -0.163. The third-order valence-electron chi connectivity index (χ3n) is 6.48. The van der Waals surface area contributed by atoms with E-state index in [0.29, 0.717) is 18.9 Å². The van der Waals surface area contributed by atoms with Crippen LogP contribution in [0.3, 0.4) is 0 Å². The Bertz CT molecular complexity index is 1510. The van der Waals surface area contributed by atoms with Gasteiger partial charge in [-0.1, -0.05) is 39.0 Å². The molecule has 2 aromatic carbocycles. The van der Waals surface area contributed by atoms with Gasteiger partial charge in [0.2, 0.25) is 5.91 Å². The zero-order valence-corrected chi connectivity index (χ0v) is 23.2. The summed E-state index contributed by atoms with van der Waals surface area (Å²) in [5.41, 5.74) is 6.45. The molecule has 38 heavy (non-hydrogen) atoms. The molecule has 0 atom stereocenters. The molecule has 1 aliphatic rings. The Kier molecular flexibility index (Phi) is 6.84. The molecule has 0 unspecified atom stereocenters. The third kappa shape index (κ3) is 5.09. The van der Waals surface area contributed by atoms with Gasteiger partial charge >= 0.3 is 0 Å².